The molecule has 154 valence electrons. The van der Waals surface area contributed by atoms with Crippen molar-refractivity contribution in [2.45, 2.75) is 44.0 Å². The number of hydrogen-bond acceptors (Lipinski definition) is 7. The first-order valence-electron chi connectivity index (χ1n) is 9.12. The molecule has 0 saturated heterocycles. The van der Waals surface area contributed by atoms with Gasteiger partial charge in [-0.1, -0.05) is 11.2 Å². The van der Waals surface area contributed by atoms with Crippen molar-refractivity contribution in [2.75, 3.05) is 5.32 Å². The van der Waals surface area contributed by atoms with E-state index in [1.807, 2.05) is 17.5 Å². The van der Waals surface area contributed by atoms with E-state index in [1.54, 1.807) is 26.0 Å². The van der Waals surface area contributed by atoms with Gasteiger partial charge in [0.15, 0.2) is 0 Å². The second-order valence-corrected chi connectivity index (χ2v) is 9.35. The summed E-state index contributed by atoms with van der Waals surface area (Å²) in [4.78, 5) is 17.5. The van der Waals surface area contributed by atoms with Gasteiger partial charge in [-0.3, -0.25) is 4.79 Å². The number of rotatable bonds is 9. The molecule has 0 aliphatic carbocycles. The molecule has 10 heteroatoms. The van der Waals surface area contributed by atoms with Gasteiger partial charge in [0.05, 0.1) is 9.77 Å². The molecule has 0 unspecified atom stereocenters. The maximum Gasteiger partial charge on any atom is 0.240 e. The lowest BCUT2D eigenvalue weighted by molar-refractivity contribution is -0.116. The third-order valence-electron chi connectivity index (χ3n) is 3.84. The molecule has 3 aromatic rings. The van der Waals surface area contributed by atoms with Crippen molar-refractivity contribution >= 4 is 33.0 Å². The number of benzene rings is 1. The highest BCUT2D eigenvalue weighted by Gasteiger charge is 2.15. The minimum Gasteiger partial charge on any atom is -0.339 e. The van der Waals surface area contributed by atoms with Crippen LogP contribution in [0.4, 0.5) is 5.69 Å². The fraction of sp³-hybridized carbons (Fsp3) is 0.316. The molecule has 0 radical (unpaired) electrons. The van der Waals surface area contributed by atoms with Crippen LogP contribution in [0.3, 0.4) is 0 Å². The van der Waals surface area contributed by atoms with Crippen LogP contribution < -0.4 is 10.0 Å². The van der Waals surface area contributed by atoms with E-state index in [2.05, 4.69) is 20.2 Å². The van der Waals surface area contributed by atoms with Gasteiger partial charge in [0, 0.05) is 24.6 Å². The monoisotopic (exact) mass is 434 g/mol. The molecule has 2 aromatic heterocycles. The van der Waals surface area contributed by atoms with E-state index < -0.39 is 10.0 Å². The molecule has 1 amide bonds. The number of thiophene rings is 1. The largest absolute Gasteiger partial charge is 0.339 e. The maximum absolute atomic E-state index is 12.1. The summed E-state index contributed by atoms with van der Waals surface area (Å²) in [5.41, 5.74) is 0.538. The van der Waals surface area contributed by atoms with Crippen LogP contribution in [0.2, 0.25) is 0 Å². The number of carbonyl (C=O) groups excluding carboxylic acids is 1. The molecule has 3 rings (SSSR count). The van der Waals surface area contributed by atoms with Crippen LogP contribution in [0.25, 0.3) is 10.7 Å². The average Bonchev–Trinajstić information content (AvgIpc) is 3.32. The normalized spacial score (nSPS) is 11.7. The molecule has 2 N–H and O–H groups in total. The van der Waals surface area contributed by atoms with E-state index in [4.69, 9.17) is 4.52 Å². The molecule has 0 atom stereocenters. The number of nitrogens with zero attached hydrogens (tertiary/aromatic N) is 2. The topological polar surface area (TPSA) is 114 Å². The molecule has 29 heavy (non-hydrogen) atoms. The van der Waals surface area contributed by atoms with Gasteiger partial charge in [-0.2, -0.15) is 4.98 Å². The number of carbonyl (C=O) groups is 1. The van der Waals surface area contributed by atoms with Gasteiger partial charge < -0.3 is 9.84 Å². The van der Waals surface area contributed by atoms with Gasteiger partial charge in [-0.25, -0.2) is 13.1 Å². The quantitative estimate of drug-likeness (QED) is 0.533. The number of sulfonamides is 1. The Kier molecular flexibility index (Phi) is 6.78. The SMILES string of the molecule is CC(C)NS(=O)(=O)c1ccc(NC(=O)CCCc2nc(-c3cccs3)no2)cc1. The van der Waals surface area contributed by atoms with Crippen LogP contribution in [0.5, 0.6) is 0 Å². The molecule has 1 aromatic carbocycles. The van der Waals surface area contributed by atoms with Gasteiger partial charge in [0.25, 0.3) is 0 Å². The number of amides is 1. The Labute approximate surface area is 173 Å². The molecule has 0 fully saturated rings. The Morgan fingerprint density at radius 1 is 1.21 bits per heavy atom. The summed E-state index contributed by atoms with van der Waals surface area (Å²) in [5.74, 6) is 0.883. The lowest BCUT2D eigenvalue weighted by Gasteiger charge is -2.10. The summed E-state index contributed by atoms with van der Waals surface area (Å²) in [6, 6.07) is 9.71. The van der Waals surface area contributed by atoms with Crippen molar-refractivity contribution in [1.29, 1.82) is 0 Å². The molecule has 0 aliphatic rings. The van der Waals surface area contributed by atoms with Crippen LogP contribution >= 0.6 is 11.3 Å². The lowest BCUT2D eigenvalue weighted by Crippen LogP contribution is -2.30. The molecule has 0 bridgehead atoms. The second kappa shape index (κ2) is 9.29. The van der Waals surface area contributed by atoms with Gasteiger partial charge in [0.2, 0.25) is 27.6 Å². The Hall–Kier alpha value is -2.56. The number of anilines is 1. The van der Waals surface area contributed by atoms with Crippen molar-refractivity contribution in [3.05, 3.63) is 47.7 Å². The van der Waals surface area contributed by atoms with Crippen LogP contribution in [0.15, 0.2) is 51.2 Å². The molecule has 8 nitrogen and oxygen atoms in total. The highest BCUT2D eigenvalue weighted by atomic mass is 32.2. The fourth-order valence-corrected chi connectivity index (χ4v) is 4.48. The predicted octanol–water partition coefficient (Wildman–Crippen LogP) is 3.45. The van der Waals surface area contributed by atoms with Crippen LogP contribution in [0, 0.1) is 0 Å². The molecule has 2 heterocycles. The van der Waals surface area contributed by atoms with Crippen LogP contribution in [0.1, 0.15) is 32.6 Å². The summed E-state index contributed by atoms with van der Waals surface area (Å²) >= 11 is 1.53. The lowest BCUT2D eigenvalue weighted by atomic mass is 10.2. The zero-order chi connectivity index (χ0) is 20.9. The molecule has 0 aliphatic heterocycles. The standard InChI is InChI=1S/C19H22N4O4S2/c1-13(2)23-29(25,26)15-10-8-14(9-11-15)20-17(24)6-3-7-18-21-19(22-27-18)16-5-4-12-28-16/h4-5,8-13,23H,3,6-7H2,1-2H3,(H,20,24). The predicted molar refractivity (Wildman–Crippen MR) is 111 cm³/mol. The summed E-state index contributed by atoms with van der Waals surface area (Å²) in [5, 5.41) is 8.64. The molecule has 0 saturated carbocycles. The number of aromatic nitrogens is 2. The second-order valence-electron chi connectivity index (χ2n) is 6.69. The summed E-state index contributed by atoms with van der Waals surface area (Å²) in [7, 11) is -3.55. The molecular weight excluding hydrogens is 412 g/mol. The zero-order valence-electron chi connectivity index (χ0n) is 16.1. The first kappa shape index (κ1) is 21.2. The highest BCUT2D eigenvalue weighted by Crippen LogP contribution is 2.21. The van der Waals surface area contributed by atoms with Crippen molar-refractivity contribution in [3.63, 3.8) is 0 Å². The molecule has 0 spiro atoms. The van der Waals surface area contributed by atoms with E-state index >= 15 is 0 Å². The minimum atomic E-state index is -3.55. The van der Waals surface area contributed by atoms with E-state index in [0.717, 1.165) is 4.88 Å². The third kappa shape index (κ3) is 5.96. The first-order valence-corrected chi connectivity index (χ1v) is 11.5. The maximum atomic E-state index is 12.1. The zero-order valence-corrected chi connectivity index (χ0v) is 17.7. The van der Waals surface area contributed by atoms with E-state index in [9.17, 15) is 13.2 Å². The van der Waals surface area contributed by atoms with Gasteiger partial charge >= 0.3 is 0 Å². The number of hydrogen-bond donors (Lipinski definition) is 2. The molecular formula is C19H22N4O4S2. The van der Waals surface area contributed by atoms with Gasteiger partial charge in [0.1, 0.15) is 0 Å². The van der Waals surface area contributed by atoms with Crippen LogP contribution in [-0.4, -0.2) is 30.5 Å². The van der Waals surface area contributed by atoms with Crippen LogP contribution in [-0.2, 0) is 21.2 Å². The van der Waals surface area contributed by atoms with Crippen molar-refractivity contribution in [3.8, 4) is 10.7 Å². The summed E-state index contributed by atoms with van der Waals surface area (Å²) in [6.07, 6.45) is 1.35. The van der Waals surface area contributed by atoms with Crippen molar-refractivity contribution < 1.29 is 17.7 Å². The number of nitrogens with one attached hydrogen (secondary N) is 2. The summed E-state index contributed by atoms with van der Waals surface area (Å²) < 4.78 is 31.9. The van der Waals surface area contributed by atoms with E-state index in [0.29, 0.717) is 30.2 Å². The van der Waals surface area contributed by atoms with Crippen molar-refractivity contribution in [1.82, 2.24) is 14.9 Å². The van der Waals surface area contributed by atoms with Gasteiger partial charge in [-0.05, 0) is 56.0 Å². The van der Waals surface area contributed by atoms with E-state index in [-0.39, 0.29) is 23.3 Å². The Morgan fingerprint density at radius 3 is 2.62 bits per heavy atom. The fourth-order valence-electron chi connectivity index (χ4n) is 2.58. The first-order chi connectivity index (χ1) is 13.8. The Balaban J connectivity index is 1.47. The summed E-state index contributed by atoms with van der Waals surface area (Å²) in [6.45, 7) is 3.51. The van der Waals surface area contributed by atoms with Gasteiger partial charge in [-0.15, -0.1) is 11.3 Å². The Bertz CT molecular complexity index is 1040. The smallest absolute Gasteiger partial charge is 0.240 e. The van der Waals surface area contributed by atoms with Crippen molar-refractivity contribution in [2.24, 2.45) is 0 Å². The minimum absolute atomic E-state index is 0.155. The third-order valence-corrected chi connectivity index (χ3v) is 6.38. The highest BCUT2D eigenvalue weighted by molar-refractivity contribution is 7.89. The number of aryl methyl sites for hydroxylation is 1. The average molecular weight is 435 g/mol. The Morgan fingerprint density at radius 2 is 1.97 bits per heavy atom. The van der Waals surface area contributed by atoms with E-state index in [1.165, 1.54) is 23.5 Å².